The Hall–Kier alpha value is -0.0400. The molecule has 0 aliphatic rings. The second-order valence-corrected chi connectivity index (χ2v) is 4.49. The highest BCUT2D eigenvalue weighted by molar-refractivity contribution is 6.18. The molecule has 13 heavy (non-hydrogen) atoms. The molecule has 0 fully saturated rings. The Morgan fingerprint density at radius 1 is 1.23 bits per heavy atom. The van der Waals surface area contributed by atoms with Gasteiger partial charge in [0.2, 0.25) is 0 Å². The number of carbonyl (C=O) groups is 1. The highest BCUT2D eigenvalue weighted by atomic mass is 35.5. The van der Waals surface area contributed by atoms with Crippen molar-refractivity contribution in [2.45, 2.75) is 46.5 Å². The maximum absolute atomic E-state index is 11.2. The summed E-state index contributed by atoms with van der Waals surface area (Å²) in [6.07, 6.45) is 4.22. The van der Waals surface area contributed by atoms with Gasteiger partial charge >= 0.3 is 0 Å². The van der Waals surface area contributed by atoms with Crippen LogP contribution in [-0.4, -0.2) is 11.7 Å². The van der Waals surface area contributed by atoms with Crippen molar-refractivity contribution in [1.29, 1.82) is 0 Å². The van der Waals surface area contributed by atoms with Crippen LogP contribution in [0.3, 0.4) is 0 Å². The van der Waals surface area contributed by atoms with Crippen molar-refractivity contribution in [2.75, 3.05) is 5.88 Å². The monoisotopic (exact) mass is 204 g/mol. The second kappa shape index (κ2) is 7.37. The third kappa shape index (κ3) is 7.06. The fourth-order valence-corrected chi connectivity index (χ4v) is 1.72. The van der Waals surface area contributed by atoms with Gasteiger partial charge in [-0.15, -0.1) is 11.6 Å². The largest absolute Gasteiger partial charge is 0.300 e. The highest BCUT2D eigenvalue weighted by Crippen LogP contribution is 2.17. The van der Waals surface area contributed by atoms with E-state index in [1.165, 1.54) is 6.42 Å². The molecule has 2 heteroatoms. The summed E-state index contributed by atoms with van der Waals surface area (Å²) in [5.41, 5.74) is 0. The van der Waals surface area contributed by atoms with E-state index in [-0.39, 0.29) is 5.92 Å². The van der Waals surface area contributed by atoms with Gasteiger partial charge in [0.05, 0.1) is 0 Å². The molecule has 0 heterocycles. The van der Waals surface area contributed by atoms with Crippen molar-refractivity contribution >= 4 is 17.4 Å². The van der Waals surface area contributed by atoms with Crippen LogP contribution in [0.1, 0.15) is 46.5 Å². The smallest absolute Gasteiger partial charge is 0.132 e. The van der Waals surface area contributed by atoms with E-state index >= 15 is 0 Å². The lowest BCUT2D eigenvalue weighted by Crippen LogP contribution is -2.11. The van der Waals surface area contributed by atoms with Crippen LogP contribution < -0.4 is 0 Å². The lowest BCUT2D eigenvalue weighted by Gasteiger charge is -2.12. The minimum Gasteiger partial charge on any atom is -0.300 e. The predicted molar refractivity (Wildman–Crippen MR) is 58.2 cm³/mol. The van der Waals surface area contributed by atoms with Crippen molar-refractivity contribution in [3.05, 3.63) is 0 Å². The Balaban J connectivity index is 3.63. The first kappa shape index (κ1) is 13.0. The van der Waals surface area contributed by atoms with Gasteiger partial charge in [0.1, 0.15) is 5.78 Å². The Bertz CT molecular complexity index is 143. The first-order valence-electron chi connectivity index (χ1n) is 5.14. The number of alkyl halides is 1. The fourth-order valence-electron chi connectivity index (χ4n) is 1.46. The van der Waals surface area contributed by atoms with E-state index < -0.39 is 0 Å². The molecule has 0 aliphatic heterocycles. The maximum Gasteiger partial charge on any atom is 0.132 e. The molecule has 0 bridgehead atoms. The van der Waals surface area contributed by atoms with E-state index in [1.807, 2.05) is 0 Å². The summed E-state index contributed by atoms with van der Waals surface area (Å²) in [6, 6.07) is 0. The van der Waals surface area contributed by atoms with Crippen LogP contribution in [0.15, 0.2) is 0 Å². The summed E-state index contributed by atoms with van der Waals surface area (Å²) in [6.45, 7) is 6.10. The molecule has 1 nitrogen and oxygen atoms in total. The highest BCUT2D eigenvalue weighted by Gasteiger charge is 2.12. The van der Waals surface area contributed by atoms with Crippen LogP contribution in [0.5, 0.6) is 0 Å². The van der Waals surface area contributed by atoms with Crippen molar-refractivity contribution in [1.82, 2.24) is 0 Å². The fraction of sp³-hybridized carbons (Fsp3) is 0.909. The number of halogens is 1. The number of rotatable bonds is 7. The van der Waals surface area contributed by atoms with Gasteiger partial charge in [-0.05, 0) is 25.7 Å². The molecule has 0 aliphatic carbocycles. The van der Waals surface area contributed by atoms with Crippen molar-refractivity contribution in [3.8, 4) is 0 Å². The topological polar surface area (TPSA) is 17.1 Å². The van der Waals surface area contributed by atoms with E-state index in [0.29, 0.717) is 11.7 Å². The normalized spacial score (nSPS) is 13.3. The summed E-state index contributed by atoms with van der Waals surface area (Å²) in [5.74, 6) is 1.84. The molecule has 0 spiro atoms. The molecule has 0 aromatic heterocycles. The molecule has 0 amide bonds. The summed E-state index contributed by atoms with van der Waals surface area (Å²) in [7, 11) is 0. The van der Waals surface area contributed by atoms with Crippen molar-refractivity contribution in [2.24, 2.45) is 11.8 Å². The third-order valence-electron chi connectivity index (χ3n) is 2.37. The lowest BCUT2D eigenvalue weighted by atomic mass is 9.93. The Morgan fingerprint density at radius 3 is 2.23 bits per heavy atom. The molecule has 0 aromatic rings. The second-order valence-electron chi connectivity index (χ2n) is 4.11. The third-order valence-corrected chi connectivity index (χ3v) is 2.58. The number of ketones is 1. The molecule has 0 radical (unpaired) electrons. The van der Waals surface area contributed by atoms with Gasteiger partial charge in [-0.25, -0.2) is 0 Å². The first-order chi connectivity index (χ1) is 6.07. The van der Waals surface area contributed by atoms with E-state index in [4.69, 9.17) is 11.6 Å². The van der Waals surface area contributed by atoms with E-state index in [9.17, 15) is 4.79 Å². The Labute approximate surface area is 86.9 Å². The molecule has 0 aromatic carbocycles. The molecule has 1 atom stereocenters. The van der Waals surface area contributed by atoms with Crippen LogP contribution in [0.2, 0.25) is 0 Å². The molecule has 0 saturated heterocycles. The lowest BCUT2D eigenvalue weighted by molar-refractivity contribution is -0.121. The minimum absolute atomic E-state index is 0.205. The molecule has 0 rings (SSSR count). The average molecular weight is 205 g/mol. The van der Waals surface area contributed by atoms with Crippen LogP contribution >= 0.6 is 11.6 Å². The zero-order chi connectivity index (χ0) is 10.3. The molecular formula is C11H21ClO. The van der Waals surface area contributed by atoms with Gasteiger partial charge in [0, 0.05) is 11.8 Å². The first-order valence-corrected chi connectivity index (χ1v) is 5.67. The van der Waals surface area contributed by atoms with Gasteiger partial charge in [-0.3, -0.25) is 4.79 Å². The van der Waals surface area contributed by atoms with E-state index in [0.717, 1.165) is 25.2 Å². The molecule has 78 valence electrons. The molecular weight excluding hydrogens is 184 g/mol. The van der Waals surface area contributed by atoms with Gasteiger partial charge in [-0.2, -0.15) is 0 Å². The standard InChI is InChI=1S/C11H21ClO/c1-9(2)5-4-6-11(7-8-12)10(3)13/h9,11H,4-8H2,1-3H3. The number of hydrogen-bond donors (Lipinski definition) is 0. The number of hydrogen-bond acceptors (Lipinski definition) is 1. The van der Waals surface area contributed by atoms with Crippen molar-refractivity contribution < 1.29 is 4.79 Å². The number of carbonyl (C=O) groups excluding carboxylic acids is 1. The van der Waals surface area contributed by atoms with Gasteiger partial charge in [0.25, 0.3) is 0 Å². The number of Topliss-reactive ketones (excluding diaryl/α,β-unsaturated/α-hetero) is 1. The summed E-state index contributed by atoms with van der Waals surface area (Å²) < 4.78 is 0. The van der Waals surface area contributed by atoms with E-state index in [2.05, 4.69) is 13.8 Å². The zero-order valence-electron chi connectivity index (χ0n) is 8.98. The molecule has 1 unspecified atom stereocenters. The molecule has 0 saturated carbocycles. The summed E-state index contributed by atoms with van der Waals surface area (Å²) in [4.78, 5) is 11.2. The average Bonchev–Trinajstić information content (AvgIpc) is 2.02. The van der Waals surface area contributed by atoms with Crippen LogP contribution in [0.4, 0.5) is 0 Å². The zero-order valence-corrected chi connectivity index (χ0v) is 9.73. The quantitative estimate of drug-likeness (QED) is 0.579. The van der Waals surface area contributed by atoms with Crippen LogP contribution in [-0.2, 0) is 4.79 Å². The van der Waals surface area contributed by atoms with Crippen LogP contribution in [0.25, 0.3) is 0 Å². The van der Waals surface area contributed by atoms with Crippen molar-refractivity contribution in [3.63, 3.8) is 0 Å². The summed E-state index contributed by atoms with van der Waals surface area (Å²) in [5, 5.41) is 0. The summed E-state index contributed by atoms with van der Waals surface area (Å²) >= 11 is 5.63. The van der Waals surface area contributed by atoms with E-state index in [1.54, 1.807) is 6.92 Å². The minimum atomic E-state index is 0.205. The van der Waals surface area contributed by atoms with Crippen LogP contribution in [0, 0.1) is 11.8 Å². The SMILES string of the molecule is CC(=O)C(CCCl)CCCC(C)C. The Kier molecular flexibility index (Phi) is 7.35. The van der Waals surface area contributed by atoms with Gasteiger partial charge < -0.3 is 0 Å². The maximum atomic E-state index is 11.2. The van der Waals surface area contributed by atoms with Gasteiger partial charge in [-0.1, -0.05) is 26.7 Å². The Morgan fingerprint density at radius 2 is 1.85 bits per heavy atom. The predicted octanol–water partition coefficient (Wildman–Crippen LogP) is 3.65. The van der Waals surface area contributed by atoms with Gasteiger partial charge in [0.15, 0.2) is 0 Å². The molecule has 0 N–H and O–H groups in total.